The molecule has 0 radical (unpaired) electrons. The van der Waals surface area contributed by atoms with E-state index in [1.54, 1.807) is 18.2 Å². The minimum Gasteiger partial charge on any atom is -0.508 e. The highest BCUT2D eigenvalue weighted by atomic mass is 16.3. The van der Waals surface area contributed by atoms with Gasteiger partial charge in [-0.1, -0.05) is 38.2 Å². The van der Waals surface area contributed by atoms with Crippen LogP contribution >= 0.6 is 0 Å². The predicted molar refractivity (Wildman–Crippen MR) is 64.7 cm³/mol. The normalized spacial score (nSPS) is 17.5. The number of phenols is 2. The van der Waals surface area contributed by atoms with E-state index in [9.17, 15) is 10.2 Å². The Morgan fingerprint density at radius 2 is 1.62 bits per heavy atom. The molecule has 0 spiro atoms. The van der Waals surface area contributed by atoms with E-state index < -0.39 is 0 Å². The van der Waals surface area contributed by atoms with Crippen molar-refractivity contribution < 1.29 is 10.2 Å². The Morgan fingerprint density at radius 3 is 2.25 bits per heavy atom. The number of hydrogen-bond acceptors (Lipinski definition) is 2. The second kappa shape index (κ2) is 5.24. The second-order valence-corrected chi connectivity index (χ2v) is 4.82. The third-order valence-corrected chi connectivity index (χ3v) is 3.65. The van der Waals surface area contributed by atoms with Crippen LogP contribution in [0.3, 0.4) is 0 Å². The molecule has 1 aromatic rings. The molecule has 2 nitrogen and oxygen atoms in total. The average molecular weight is 220 g/mol. The van der Waals surface area contributed by atoms with Gasteiger partial charge in [-0.25, -0.2) is 0 Å². The molecule has 16 heavy (non-hydrogen) atoms. The summed E-state index contributed by atoms with van der Waals surface area (Å²) < 4.78 is 0. The molecule has 1 aliphatic rings. The molecular formula is C14H20O2. The Balaban J connectivity index is 1.93. The van der Waals surface area contributed by atoms with Gasteiger partial charge in [0.1, 0.15) is 11.5 Å². The fourth-order valence-corrected chi connectivity index (χ4v) is 2.64. The van der Waals surface area contributed by atoms with Gasteiger partial charge < -0.3 is 10.2 Å². The quantitative estimate of drug-likeness (QED) is 0.817. The number of phenolic OH excluding ortho intramolecular Hbond substituents is 2. The molecule has 0 heterocycles. The third kappa shape index (κ3) is 2.69. The van der Waals surface area contributed by atoms with E-state index >= 15 is 0 Å². The summed E-state index contributed by atoms with van der Waals surface area (Å²) in [4.78, 5) is 0. The van der Waals surface area contributed by atoms with Crippen LogP contribution in [0.15, 0.2) is 18.2 Å². The second-order valence-electron chi connectivity index (χ2n) is 4.82. The van der Waals surface area contributed by atoms with Crippen LogP contribution in [0.1, 0.15) is 44.1 Å². The van der Waals surface area contributed by atoms with Crippen LogP contribution < -0.4 is 0 Å². The monoisotopic (exact) mass is 220 g/mol. The number of hydrogen-bond donors (Lipinski definition) is 2. The Morgan fingerprint density at radius 1 is 1.00 bits per heavy atom. The molecule has 1 saturated carbocycles. The Labute approximate surface area is 96.9 Å². The topological polar surface area (TPSA) is 40.5 Å². The van der Waals surface area contributed by atoms with Crippen LogP contribution in [0.2, 0.25) is 0 Å². The molecule has 1 aliphatic carbocycles. The molecule has 1 fully saturated rings. The van der Waals surface area contributed by atoms with Gasteiger partial charge in [-0.2, -0.15) is 0 Å². The van der Waals surface area contributed by atoms with E-state index in [4.69, 9.17) is 0 Å². The highest BCUT2D eigenvalue weighted by molar-refractivity contribution is 5.42. The molecule has 0 bridgehead atoms. The maximum Gasteiger partial charge on any atom is 0.122 e. The first kappa shape index (κ1) is 11.3. The van der Waals surface area contributed by atoms with E-state index in [0.29, 0.717) is 5.56 Å². The molecule has 2 heteroatoms. The summed E-state index contributed by atoms with van der Waals surface area (Å²) in [6, 6.07) is 4.97. The van der Waals surface area contributed by atoms with E-state index in [2.05, 4.69) is 0 Å². The molecule has 2 rings (SSSR count). The Kier molecular flexibility index (Phi) is 3.70. The van der Waals surface area contributed by atoms with Crippen molar-refractivity contribution in [3.05, 3.63) is 23.8 Å². The highest BCUT2D eigenvalue weighted by Gasteiger charge is 2.15. The molecule has 1 aromatic carbocycles. The SMILES string of the molecule is Oc1cccc(O)c1CCC1CCCCC1. The van der Waals surface area contributed by atoms with Crippen molar-refractivity contribution in [2.75, 3.05) is 0 Å². The van der Waals surface area contributed by atoms with Gasteiger partial charge in [0, 0.05) is 5.56 Å². The lowest BCUT2D eigenvalue weighted by Crippen LogP contribution is -2.07. The minimum absolute atomic E-state index is 0.232. The number of aromatic hydroxyl groups is 2. The standard InChI is InChI=1S/C14H20O2/c15-13-7-4-8-14(16)12(13)10-9-11-5-2-1-3-6-11/h4,7-8,11,15-16H,1-3,5-6,9-10H2. The number of benzene rings is 1. The summed E-state index contributed by atoms with van der Waals surface area (Å²) in [7, 11) is 0. The average Bonchev–Trinajstić information content (AvgIpc) is 2.30. The zero-order valence-corrected chi connectivity index (χ0v) is 9.65. The van der Waals surface area contributed by atoms with Crippen LogP contribution in [-0.2, 0) is 6.42 Å². The van der Waals surface area contributed by atoms with Crippen molar-refractivity contribution in [1.82, 2.24) is 0 Å². The van der Waals surface area contributed by atoms with Crippen molar-refractivity contribution >= 4 is 0 Å². The summed E-state index contributed by atoms with van der Waals surface area (Å²) in [6.07, 6.45) is 8.57. The fourth-order valence-electron chi connectivity index (χ4n) is 2.64. The first-order chi connectivity index (χ1) is 7.77. The van der Waals surface area contributed by atoms with Crippen molar-refractivity contribution in [2.45, 2.75) is 44.9 Å². The summed E-state index contributed by atoms with van der Waals surface area (Å²) in [5.41, 5.74) is 0.716. The van der Waals surface area contributed by atoms with Gasteiger partial charge in [0.2, 0.25) is 0 Å². The molecule has 2 N–H and O–H groups in total. The summed E-state index contributed by atoms with van der Waals surface area (Å²) in [5, 5.41) is 19.3. The van der Waals surface area contributed by atoms with Crippen LogP contribution in [0.5, 0.6) is 11.5 Å². The largest absolute Gasteiger partial charge is 0.508 e. The van der Waals surface area contributed by atoms with Gasteiger partial charge in [-0.05, 0) is 30.9 Å². The molecule has 88 valence electrons. The summed E-state index contributed by atoms with van der Waals surface area (Å²) in [5.74, 6) is 1.25. The molecule has 0 aromatic heterocycles. The van der Waals surface area contributed by atoms with Crippen molar-refractivity contribution in [2.24, 2.45) is 5.92 Å². The van der Waals surface area contributed by atoms with Gasteiger partial charge in [0.25, 0.3) is 0 Å². The molecule has 0 atom stereocenters. The van der Waals surface area contributed by atoms with E-state index in [1.165, 1.54) is 32.1 Å². The van der Waals surface area contributed by atoms with Crippen LogP contribution in [0.4, 0.5) is 0 Å². The molecule has 0 saturated heterocycles. The molecular weight excluding hydrogens is 200 g/mol. The van der Waals surface area contributed by atoms with Gasteiger partial charge in [0.05, 0.1) is 0 Å². The van der Waals surface area contributed by atoms with Gasteiger partial charge in [-0.3, -0.25) is 0 Å². The Bertz CT molecular complexity index is 320. The first-order valence-electron chi connectivity index (χ1n) is 6.27. The summed E-state index contributed by atoms with van der Waals surface area (Å²) >= 11 is 0. The van der Waals surface area contributed by atoms with Gasteiger partial charge in [-0.15, -0.1) is 0 Å². The van der Waals surface area contributed by atoms with Gasteiger partial charge >= 0.3 is 0 Å². The van der Waals surface area contributed by atoms with E-state index in [0.717, 1.165) is 18.8 Å². The molecule has 0 amide bonds. The maximum atomic E-state index is 9.66. The van der Waals surface area contributed by atoms with E-state index in [-0.39, 0.29) is 11.5 Å². The lowest BCUT2D eigenvalue weighted by molar-refractivity contribution is 0.335. The lowest BCUT2D eigenvalue weighted by atomic mass is 9.85. The lowest BCUT2D eigenvalue weighted by Gasteiger charge is -2.21. The smallest absolute Gasteiger partial charge is 0.122 e. The zero-order chi connectivity index (χ0) is 11.4. The van der Waals surface area contributed by atoms with Gasteiger partial charge in [0.15, 0.2) is 0 Å². The van der Waals surface area contributed by atoms with Crippen molar-refractivity contribution in [3.63, 3.8) is 0 Å². The van der Waals surface area contributed by atoms with Crippen molar-refractivity contribution in [1.29, 1.82) is 0 Å². The van der Waals surface area contributed by atoms with Crippen LogP contribution in [-0.4, -0.2) is 10.2 Å². The third-order valence-electron chi connectivity index (χ3n) is 3.65. The van der Waals surface area contributed by atoms with E-state index in [1.807, 2.05) is 0 Å². The zero-order valence-electron chi connectivity index (χ0n) is 9.65. The summed E-state index contributed by atoms with van der Waals surface area (Å²) in [6.45, 7) is 0. The maximum absolute atomic E-state index is 9.66. The van der Waals surface area contributed by atoms with Crippen LogP contribution in [0, 0.1) is 5.92 Å². The van der Waals surface area contributed by atoms with Crippen molar-refractivity contribution in [3.8, 4) is 11.5 Å². The highest BCUT2D eigenvalue weighted by Crippen LogP contribution is 2.32. The first-order valence-corrected chi connectivity index (χ1v) is 6.27. The predicted octanol–water partition coefficient (Wildman–Crippen LogP) is 3.61. The Hall–Kier alpha value is -1.18. The minimum atomic E-state index is 0.232. The number of rotatable bonds is 3. The fraction of sp³-hybridized carbons (Fsp3) is 0.571. The molecule has 0 unspecified atom stereocenters. The molecule has 0 aliphatic heterocycles. The van der Waals surface area contributed by atoms with Crippen LogP contribution in [0.25, 0.3) is 0 Å².